The molecule has 5 rings (SSSR count). The number of carbonyl (C=O) groups is 1. The summed E-state index contributed by atoms with van der Waals surface area (Å²) in [6.07, 6.45) is 3.25. The molecule has 1 atom stereocenters. The molecule has 34 heavy (non-hydrogen) atoms. The molecule has 3 aromatic carbocycles. The molecule has 7 nitrogen and oxygen atoms in total. The Kier molecular flexibility index (Phi) is 6.22. The molecule has 0 bridgehead atoms. The van der Waals surface area contributed by atoms with Gasteiger partial charge in [-0.2, -0.15) is 5.10 Å². The summed E-state index contributed by atoms with van der Waals surface area (Å²) in [7, 11) is 1.60. The van der Waals surface area contributed by atoms with Crippen LogP contribution < -0.4 is 10.1 Å². The van der Waals surface area contributed by atoms with Crippen molar-refractivity contribution < 1.29 is 9.53 Å². The summed E-state index contributed by atoms with van der Waals surface area (Å²) in [5.41, 5.74) is 3.12. The molecule has 0 aliphatic rings. The molecule has 1 amide bonds. The van der Waals surface area contributed by atoms with Crippen LogP contribution in [0.3, 0.4) is 0 Å². The van der Waals surface area contributed by atoms with Crippen LogP contribution in [0.4, 0.5) is 5.69 Å². The van der Waals surface area contributed by atoms with Crippen molar-refractivity contribution in [2.45, 2.75) is 10.3 Å². The number of ether oxygens (including phenoxy) is 1. The van der Waals surface area contributed by atoms with Gasteiger partial charge in [0.15, 0.2) is 5.65 Å². The Morgan fingerprint density at radius 2 is 1.74 bits per heavy atom. The van der Waals surface area contributed by atoms with Gasteiger partial charge in [-0.05, 0) is 29.8 Å². The molecule has 1 unspecified atom stereocenters. The highest BCUT2D eigenvalue weighted by Crippen LogP contribution is 2.38. The molecule has 5 aromatic rings. The van der Waals surface area contributed by atoms with Gasteiger partial charge in [0.25, 0.3) is 0 Å². The summed E-state index contributed by atoms with van der Waals surface area (Å²) in [4.78, 5) is 22.4. The molecular formula is C26H21N5O2S. The lowest BCUT2D eigenvalue weighted by atomic mass is 10.1. The van der Waals surface area contributed by atoms with Gasteiger partial charge in [0, 0.05) is 11.8 Å². The largest absolute Gasteiger partial charge is 0.497 e. The van der Waals surface area contributed by atoms with Crippen LogP contribution in [0.25, 0.3) is 16.7 Å². The van der Waals surface area contributed by atoms with Crippen LogP contribution in [0.15, 0.2) is 102 Å². The number of fused-ring (bicyclic) bond motifs is 1. The SMILES string of the molecule is COc1cccc(NC(=O)C(Sc2ncnc3c2cnn3-c2ccccc2)c2ccccc2)c1. The van der Waals surface area contributed by atoms with E-state index in [4.69, 9.17) is 4.74 Å². The summed E-state index contributed by atoms with van der Waals surface area (Å²) in [6, 6.07) is 26.7. The highest BCUT2D eigenvalue weighted by Gasteiger charge is 2.25. The summed E-state index contributed by atoms with van der Waals surface area (Å²) in [5, 5.41) is 8.46. The molecule has 0 aliphatic heterocycles. The minimum absolute atomic E-state index is 0.160. The maximum Gasteiger partial charge on any atom is 0.242 e. The molecule has 0 spiro atoms. The van der Waals surface area contributed by atoms with Crippen molar-refractivity contribution in [1.82, 2.24) is 19.7 Å². The van der Waals surface area contributed by atoms with Crippen LogP contribution in [-0.2, 0) is 4.79 Å². The quantitative estimate of drug-likeness (QED) is 0.259. The van der Waals surface area contributed by atoms with E-state index in [2.05, 4.69) is 20.4 Å². The van der Waals surface area contributed by atoms with E-state index in [1.54, 1.807) is 24.1 Å². The Hall–Kier alpha value is -4.17. The van der Waals surface area contributed by atoms with Crippen molar-refractivity contribution in [3.63, 3.8) is 0 Å². The van der Waals surface area contributed by atoms with Crippen LogP contribution >= 0.6 is 11.8 Å². The number of nitrogens with zero attached hydrogens (tertiary/aromatic N) is 4. The van der Waals surface area contributed by atoms with Crippen LogP contribution in [0.1, 0.15) is 10.8 Å². The van der Waals surface area contributed by atoms with Gasteiger partial charge in [-0.15, -0.1) is 0 Å². The van der Waals surface area contributed by atoms with E-state index >= 15 is 0 Å². The highest BCUT2D eigenvalue weighted by atomic mass is 32.2. The molecule has 1 N–H and O–H groups in total. The van der Waals surface area contributed by atoms with Gasteiger partial charge in [0.1, 0.15) is 22.4 Å². The van der Waals surface area contributed by atoms with Gasteiger partial charge < -0.3 is 10.1 Å². The number of methoxy groups -OCH3 is 1. The number of hydrogen-bond donors (Lipinski definition) is 1. The maximum atomic E-state index is 13.4. The number of aromatic nitrogens is 4. The summed E-state index contributed by atoms with van der Waals surface area (Å²) in [5.74, 6) is 0.513. The second kappa shape index (κ2) is 9.76. The summed E-state index contributed by atoms with van der Waals surface area (Å²) < 4.78 is 7.05. The van der Waals surface area contributed by atoms with Gasteiger partial charge >= 0.3 is 0 Å². The standard InChI is InChI=1S/C26H21N5O2S/c1-33-21-14-8-11-19(15-21)30-25(32)23(18-9-4-2-5-10-18)34-26-22-16-29-31(24(22)27-17-28-26)20-12-6-3-7-13-20/h2-17,23H,1H3,(H,30,32). The van der Waals surface area contributed by atoms with Crippen molar-refractivity contribution >= 4 is 34.4 Å². The number of thioether (sulfide) groups is 1. The molecule has 0 fully saturated rings. The Bertz CT molecular complexity index is 1420. The third-order valence-electron chi connectivity index (χ3n) is 5.24. The topological polar surface area (TPSA) is 81.9 Å². The summed E-state index contributed by atoms with van der Waals surface area (Å²) >= 11 is 1.37. The number of hydrogen-bond acceptors (Lipinski definition) is 6. The van der Waals surface area contributed by atoms with Gasteiger partial charge in [0.05, 0.1) is 24.4 Å². The fourth-order valence-electron chi connectivity index (χ4n) is 3.60. The number of nitrogens with one attached hydrogen (secondary N) is 1. The first-order valence-electron chi connectivity index (χ1n) is 10.6. The van der Waals surface area contributed by atoms with Gasteiger partial charge in [-0.3, -0.25) is 4.79 Å². The zero-order valence-electron chi connectivity index (χ0n) is 18.3. The maximum absolute atomic E-state index is 13.4. The lowest BCUT2D eigenvalue weighted by Gasteiger charge is -2.17. The van der Waals surface area contributed by atoms with Crippen LogP contribution in [-0.4, -0.2) is 32.8 Å². The second-order valence-corrected chi connectivity index (χ2v) is 8.53. The van der Waals surface area contributed by atoms with E-state index in [-0.39, 0.29) is 5.91 Å². The van der Waals surface area contributed by atoms with Crippen molar-refractivity contribution in [2.75, 3.05) is 12.4 Å². The first-order chi connectivity index (χ1) is 16.7. The minimum atomic E-state index is -0.537. The van der Waals surface area contributed by atoms with Gasteiger partial charge in [0.2, 0.25) is 5.91 Å². The number of anilines is 1. The van der Waals surface area contributed by atoms with Crippen molar-refractivity contribution in [2.24, 2.45) is 0 Å². The third-order valence-corrected chi connectivity index (χ3v) is 6.51. The molecule has 2 aromatic heterocycles. The minimum Gasteiger partial charge on any atom is -0.497 e. The Morgan fingerprint density at radius 3 is 2.50 bits per heavy atom. The molecule has 2 heterocycles. The predicted octanol–water partition coefficient (Wildman–Crippen LogP) is 5.30. The van der Waals surface area contributed by atoms with E-state index in [9.17, 15) is 4.79 Å². The van der Waals surface area contributed by atoms with Crippen LogP contribution in [0, 0.1) is 0 Å². The lowest BCUT2D eigenvalue weighted by molar-refractivity contribution is -0.115. The Balaban J connectivity index is 1.49. The number of para-hydroxylation sites is 1. The lowest BCUT2D eigenvalue weighted by Crippen LogP contribution is -2.19. The molecule has 8 heteroatoms. The molecule has 0 saturated carbocycles. The second-order valence-electron chi connectivity index (χ2n) is 7.44. The fourth-order valence-corrected chi connectivity index (χ4v) is 4.66. The van der Waals surface area contributed by atoms with Crippen molar-refractivity contribution in [1.29, 1.82) is 0 Å². The fraction of sp³-hybridized carbons (Fsp3) is 0.0769. The zero-order valence-corrected chi connectivity index (χ0v) is 19.1. The predicted molar refractivity (Wildman–Crippen MR) is 133 cm³/mol. The van der Waals surface area contributed by atoms with Gasteiger partial charge in [-0.25, -0.2) is 14.6 Å². The number of amides is 1. The molecule has 168 valence electrons. The molecular weight excluding hydrogens is 446 g/mol. The third kappa shape index (κ3) is 4.49. The Labute approximate surface area is 200 Å². The van der Waals surface area contributed by atoms with Gasteiger partial charge in [-0.1, -0.05) is 66.4 Å². The monoisotopic (exact) mass is 467 g/mol. The first kappa shape index (κ1) is 21.7. The number of carbonyl (C=O) groups excluding carboxylic acids is 1. The van der Waals surface area contributed by atoms with Crippen molar-refractivity contribution in [3.05, 3.63) is 103 Å². The number of benzene rings is 3. The van der Waals surface area contributed by atoms with E-state index in [1.165, 1.54) is 18.1 Å². The van der Waals surface area contributed by atoms with E-state index in [1.807, 2.05) is 78.9 Å². The average molecular weight is 468 g/mol. The Morgan fingerprint density at radius 1 is 0.971 bits per heavy atom. The van der Waals surface area contributed by atoms with Crippen molar-refractivity contribution in [3.8, 4) is 11.4 Å². The molecule has 0 aliphatic carbocycles. The highest BCUT2D eigenvalue weighted by molar-refractivity contribution is 8.00. The van der Waals surface area contributed by atoms with E-state index in [0.717, 1.165) is 16.6 Å². The average Bonchev–Trinajstić information content (AvgIpc) is 3.33. The summed E-state index contributed by atoms with van der Waals surface area (Å²) in [6.45, 7) is 0. The van der Waals surface area contributed by atoms with E-state index < -0.39 is 5.25 Å². The zero-order chi connectivity index (χ0) is 23.3. The van der Waals surface area contributed by atoms with E-state index in [0.29, 0.717) is 22.1 Å². The molecule has 0 saturated heterocycles. The first-order valence-corrected chi connectivity index (χ1v) is 11.5. The normalized spacial score (nSPS) is 11.8. The van der Waals surface area contributed by atoms with Crippen LogP contribution in [0.5, 0.6) is 5.75 Å². The van der Waals surface area contributed by atoms with Crippen LogP contribution in [0.2, 0.25) is 0 Å². The number of rotatable bonds is 7. The molecule has 0 radical (unpaired) electrons. The smallest absolute Gasteiger partial charge is 0.242 e.